The first-order valence-electron chi connectivity index (χ1n) is 7.49. The number of nitrogens with zero attached hydrogens (tertiary/aromatic N) is 2. The van der Waals surface area contributed by atoms with Crippen LogP contribution in [-0.2, 0) is 0 Å². The van der Waals surface area contributed by atoms with Crippen molar-refractivity contribution in [2.45, 2.75) is 27.7 Å². The fourth-order valence-corrected chi connectivity index (χ4v) is 1.72. The van der Waals surface area contributed by atoms with Crippen molar-refractivity contribution < 1.29 is 0 Å². The zero-order chi connectivity index (χ0) is 16.8. The molecule has 0 bridgehead atoms. The number of rotatable bonds is 2. The van der Waals surface area contributed by atoms with Gasteiger partial charge in [0.05, 0.1) is 18.2 Å². The summed E-state index contributed by atoms with van der Waals surface area (Å²) in [5.41, 5.74) is 2.35. The van der Waals surface area contributed by atoms with E-state index < -0.39 is 0 Å². The van der Waals surface area contributed by atoms with Gasteiger partial charge in [0, 0.05) is 0 Å². The van der Waals surface area contributed by atoms with E-state index >= 15 is 0 Å². The van der Waals surface area contributed by atoms with Gasteiger partial charge < -0.3 is 0 Å². The minimum absolute atomic E-state index is 0.393. The molecule has 0 aliphatic heterocycles. The van der Waals surface area contributed by atoms with E-state index in [9.17, 15) is 5.26 Å². The number of allylic oxidation sites excluding steroid dienone is 1. The summed E-state index contributed by atoms with van der Waals surface area (Å²) in [6, 6.07) is 20.7. The summed E-state index contributed by atoms with van der Waals surface area (Å²) in [6.45, 7) is 15.3. The molecule has 0 aliphatic rings. The van der Waals surface area contributed by atoms with E-state index in [1.807, 2.05) is 88.4 Å². The maximum absolute atomic E-state index is 9.29. The molecular weight excluding hydrogens is 268 g/mol. The summed E-state index contributed by atoms with van der Waals surface area (Å²) in [4.78, 5) is 3.51. The van der Waals surface area contributed by atoms with E-state index in [2.05, 4.69) is 10.9 Å². The topological polar surface area (TPSA) is 28.1 Å². The Hall–Kier alpha value is -2.84. The van der Waals surface area contributed by atoms with Crippen molar-refractivity contribution in [3.63, 3.8) is 0 Å². The molecule has 0 N–H and O–H groups in total. The first-order valence-corrected chi connectivity index (χ1v) is 7.49. The molecule has 0 saturated carbocycles. The van der Waals surface area contributed by atoms with Crippen molar-refractivity contribution in [1.82, 2.24) is 0 Å². The van der Waals surface area contributed by atoms with Gasteiger partial charge in [0.1, 0.15) is 0 Å². The number of hydrogen-bond donors (Lipinski definition) is 0. The molecule has 0 spiro atoms. The van der Waals surface area contributed by atoms with Gasteiger partial charge in [-0.05, 0) is 11.1 Å². The fraction of sp³-hybridized carbons (Fsp3) is 0.200. The Bertz CT molecular complexity index is 582. The summed E-state index contributed by atoms with van der Waals surface area (Å²) in [7, 11) is 0. The van der Waals surface area contributed by atoms with Crippen LogP contribution < -0.4 is 0 Å². The normalized spacial score (nSPS) is 9.55. The molecule has 112 valence electrons. The largest absolute Gasteiger partial charge is 0.236 e. The highest BCUT2D eigenvalue weighted by Gasteiger charge is 2.10. The highest BCUT2D eigenvalue weighted by atomic mass is 14.7. The van der Waals surface area contributed by atoms with Crippen LogP contribution in [0.1, 0.15) is 38.8 Å². The second kappa shape index (κ2) is 11.9. The lowest BCUT2D eigenvalue weighted by atomic mass is 10.0. The number of hydrogen-bond acceptors (Lipinski definition) is 1. The van der Waals surface area contributed by atoms with Crippen LogP contribution in [0.2, 0.25) is 0 Å². The molecule has 0 fully saturated rings. The lowest BCUT2D eigenvalue weighted by Crippen LogP contribution is -1.87. The molecule has 0 amide bonds. The quantitative estimate of drug-likeness (QED) is 0.376. The van der Waals surface area contributed by atoms with Crippen molar-refractivity contribution in [3.05, 3.63) is 83.2 Å². The SMILES string of the molecule is CC.CC.[C-]#[N+]/C(=C(/C#N)c1ccccc1)c1ccccc1. The minimum Gasteiger partial charge on any atom is -0.236 e. The number of benzene rings is 2. The molecule has 2 aromatic rings. The van der Waals surface area contributed by atoms with Crippen LogP contribution in [0, 0.1) is 17.9 Å². The molecule has 2 rings (SSSR count). The van der Waals surface area contributed by atoms with Crippen LogP contribution in [0.4, 0.5) is 0 Å². The first kappa shape index (κ1) is 19.2. The van der Waals surface area contributed by atoms with Gasteiger partial charge in [-0.3, -0.25) is 0 Å². The van der Waals surface area contributed by atoms with Crippen LogP contribution in [0.25, 0.3) is 16.1 Å². The zero-order valence-electron chi connectivity index (χ0n) is 13.7. The lowest BCUT2D eigenvalue weighted by molar-refractivity contribution is 1.50. The Morgan fingerprint density at radius 1 is 0.818 bits per heavy atom. The smallest absolute Gasteiger partial charge is 0.212 e. The second-order valence-electron chi connectivity index (χ2n) is 3.68. The average Bonchev–Trinajstić information content (AvgIpc) is 2.64. The summed E-state index contributed by atoms with van der Waals surface area (Å²) in [5.74, 6) is 0. The van der Waals surface area contributed by atoms with Gasteiger partial charge in [0.25, 0.3) is 0 Å². The van der Waals surface area contributed by atoms with Crippen molar-refractivity contribution in [2.75, 3.05) is 0 Å². The Morgan fingerprint density at radius 3 is 1.59 bits per heavy atom. The van der Waals surface area contributed by atoms with Gasteiger partial charge in [-0.2, -0.15) is 5.26 Å². The van der Waals surface area contributed by atoms with E-state index in [4.69, 9.17) is 6.57 Å². The maximum atomic E-state index is 9.29. The molecule has 22 heavy (non-hydrogen) atoms. The van der Waals surface area contributed by atoms with Crippen molar-refractivity contribution in [1.29, 1.82) is 5.26 Å². The predicted octanol–water partition coefficient (Wildman–Crippen LogP) is 6.05. The average molecular weight is 290 g/mol. The van der Waals surface area contributed by atoms with Gasteiger partial charge in [-0.1, -0.05) is 88.4 Å². The fourth-order valence-electron chi connectivity index (χ4n) is 1.72. The molecule has 0 unspecified atom stereocenters. The van der Waals surface area contributed by atoms with Gasteiger partial charge in [-0.25, -0.2) is 4.85 Å². The van der Waals surface area contributed by atoms with Gasteiger partial charge in [-0.15, -0.1) is 0 Å². The highest BCUT2D eigenvalue weighted by Crippen LogP contribution is 2.26. The Kier molecular flexibility index (Phi) is 10.4. The Labute approximate surface area is 134 Å². The Balaban J connectivity index is 0.00000102. The van der Waals surface area contributed by atoms with Crippen LogP contribution in [0.5, 0.6) is 0 Å². The summed E-state index contributed by atoms with van der Waals surface area (Å²) >= 11 is 0. The van der Waals surface area contributed by atoms with Crippen molar-refractivity contribution in [2.24, 2.45) is 0 Å². The monoisotopic (exact) mass is 290 g/mol. The second-order valence-corrected chi connectivity index (χ2v) is 3.68. The zero-order valence-corrected chi connectivity index (χ0v) is 13.7. The molecule has 0 saturated heterocycles. The highest BCUT2D eigenvalue weighted by molar-refractivity contribution is 5.99. The van der Waals surface area contributed by atoms with E-state index in [1.54, 1.807) is 0 Å². The maximum Gasteiger partial charge on any atom is 0.212 e. The van der Waals surface area contributed by atoms with Crippen molar-refractivity contribution in [3.8, 4) is 6.07 Å². The third-order valence-corrected chi connectivity index (χ3v) is 2.57. The lowest BCUT2D eigenvalue weighted by Gasteiger charge is -2.03. The van der Waals surface area contributed by atoms with E-state index in [1.165, 1.54) is 0 Å². The van der Waals surface area contributed by atoms with E-state index in [0.717, 1.165) is 11.1 Å². The number of nitriles is 1. The van der Waals surface area contributed by atoms with Gasteiger partial charge >= 0.3 is 0 Å². The first-order chi connectivity index (χ1) is 10.9. The molecule has 2 nitrogen and oxygen atoms in total. The summed E-state index contributed by atoms with van der Waals surface area (Å²) in [6.07, 6.45) is 0. The van der Waals surface area contributed by atoms with Crippen LogP contribution >= 0.6 is 0 Å². The van der Waals surface area contributed by atoms with E-state index in [-0.39, 0.29) is 0 Å². The predicted molar refractivity (Wildman–Crippen MR) is 94.6 cm³/mol. The molecule has 0 aliphatic carbocycles. The van der Waals surface area contributed by atoms with Crippen LogP contribution in [-0.4, -0.2) is 0 Å². The van der Waals surface area contributed by atoms with Gasteiger partial charge in [0.2, 0.25) is 5.70 Å². The molecule has 0 heterocycles. The molecule has 0 aromatic heterocycles. The third kappa shape index (κ3) is 5.27. The van der Waals surface area contributed by atoms with Gasteiger partial charge in [0.15, 0.2) is 0 Å². The minimum atomic E-state index is 0.393. The Morgan fingerprint density at radius 2 is 1.23 bits per heavy atom. The standard InChI is InChI=1S/C16H10N2.2C2H6/c1-18-16(14-10-6-3-7-11-14)15(12-17)13-8-4-2-5-9-13;2*1-2/h2-11H;2*1-2H3/b16-15-;;. The van der Waals surface area contributed by atoms with Crippen LogP contribution in [0.3, 0.4) is 0 Å². The summed E-state index contributed by atoms with van der Waals surface area (Å²) < 4.78 is 0. The molecular formula is C20H22N2. The summed E-state index contributed by atoms with van der Waals surface area (Å²) in [5, 5.41) is 9.29. The van der Waals surface area contributed by atoms with E-state index in [0.29, 0.717) is 11.3 Å². The van der Waals surface area contributed by atoms with Crippen molar-refractivity contribution >= 4 is 11.3 Å². The molecule has 2 heteroatoms. The molecule has 0 atom stereocenters. The molecule has 2 aromatic carbocycles. The molecule has 0 radical (unpaired) electrons. The van der Waals surface area contributed by atoms with Crippen LogP contribution in [0.15, 0.2) is 60.7 Å². The third-order valence-electron chi connectivity index (χ3n) is 2.57.